The number of carbonyl (C=O) groups is 2. The highest BCUT2D eigenvalue weighted by Gasteiger charge is 2.27. The predicted molar refractivity (Wildman–Crippen MR) is 128 cm³/mol. The van der Waals surface area contributed by atoms with E-state index >= 15 is 0 Å². The molecule has 1 aliphatic rings. The Morgan fingerprint density at radius 3 is 2.67 bits per heavy atom. The summed E-state index contributed by atoms with van der Waals surface area (Å²) in [6.45, 7) is 6.77. The van der Waals surface area contributed by atoms with Crippen LogP contribution in [0.15, 0.2) is 36.5 Å². The lowest BCUT2D eigenvalue weighted by Crippen LogP contribution is -2.44. The highest BCUT2D eigenvalue weighted by atomic mass is 35.5. The molecule has 1 amide bonds. The highest BCUT2D eigenvalue weighted by Crippen LogP contribution is 2.25. The summed E-state index contributed by atoms with van der Waals surface area (Å²) < 4.78 is 7.10. The zero-order valence-corrected chi connectivity index (χ0v) is 19.6. The number of halogens is 1. The molecule has 9 nitrogen and oxygen atoms in total. The number of aldehydes is 1. The predicted octanol–water partition coefficient (Wildman–Crippen LogP) is 4.75. The van der Waals surface area contributed by atoms with Crippen LogP contribution in [0.3, 0.4) is 0 Å². The van der Waals surface area contributed by atoms with Crippen molar-refractivity contribution in [3.63, 3.8) is 0 Å². The molecule has 1 fully saturated rings. The molecule has 0 radical (unpaired) electrons. The lowest BCUT2D eigenvalue weighted by Gasteiger charge is -2.34. The van der Waals surface area contributed by atoms with Crippen LogP contribution < -0.4 is 10.6 Å². The molecule has 10 heteroatoms. The Morgan fingerprint density at radius 2 is 2.00 bits per heavy atom. The van der Waals surface area contributed by atoms with Crippen molar-refractivity contribution in [2.24, 2.45) is 0 Å². The number of amides is 1. The summed E-state index contributed by atoms with van der Waals surface area (Å²) in [5.74, 6) is 1.26. The SMILES string of the molecule is CC(C)(C)OC(=O)N1CCC(Nc2cc(Nc3cccc(Cl)c3)nc3c(C=O)cnn23)CC1. The maximum absolute atomic E-state index is 12.3. The number of likely N-dealkylation sites (tertiary alicyclic amines) is 1. The third-order valence-corrected chi connectivity index (χ3v) is 5.46. The molecule has 0 atom stereocenters. The molecular formula is C23H27ClN6O3. The summed E-state index contributed by atoms with van der Waals surface area (Å²) in [5, 5.41) is 11.7. The van der Waals surface area contributed by atoms with Crippen LogP contribution in [0.5, 0.6) is 0 Å². The maximum atomic E-state index is 12.3. The van der Waals surface area contributed by atoms with Gasteiger partial charge >= 0.3 is 6.09 Å². The van der Waals surface area contributed by atoms with Crippen molar-refractivity contribution in [2.75, 3.05) is 23.7 Å². The first kappa shape index (κ1) is 22.8. The normalized spacial score (nSPS) is 14.8. The van der Waals surface area contributed by atoms with E-state index in [0.29, 0.717) is 41.0 Å². The molecule has 174 valence electrons. The summed E-state index contributed by atoms with van der Waals surface area (Å²) in [6.07, 6.45) is 3.45. The molecule has 0 bridgehead atoms. The Kier molecular flexibility index (Phi) is 6.42. The molecule has 2 N–H and O–H groups in total. The molecule has 1 aliphatic heterocycles. The summed E-state index contributed by atoms with van der Waals surface area (Å²) in [5.41, 5.74) is 1.11. The number of fused-ring (bicyclic) bond motifs is 1. The number of piperidine rings is 1. The summed E-state index contributed by atoms with van der Waals surface area (Å²) in [7, 11) is 0. The van der Waals surface area contributed by atoms with Gasteiger partial charge in [-0.25, -0.2) is 9.78 Å². The van der Waals surface area contributed by atoms with Gasteiger partial charge in [-0.1, -0.05) is 17.7 Å². The molecule has 0 spiro atoms. The van der Waals surface area contributed by atoms with Crippen LogP contribution in [0.4, 0.5) is 22.1 Å². The third kappa shape index (κ3) is 5.54. The topological polar surface area (TPSA) is 101 Å². The molecule has 0 unspecified atom stereocenters. The van der Waals surface area contributed by atoms with Crippen LogP contribution >= 0.6 is 11.6 Å². The smallest absolute Gasteiger partial charge is 0.410 e. The fourth-order valence-corrected chi connectivity index (χ4v) is 3.88. The second-order valence-electron chi connectivity index (χ2n) is 9.00. The van der Waals surface area contributed by atoms with Gasteiger partial charge in [0.05, 0.1) is 11.8 Å². The van der Waals surface area contributed by atoms with Crippen molar-refractivity contribution in [3.05, 3.63) is 47.1 Å². The van der Waals surface area contributed by atoms with Gasteiger partial charge < -0.3 is 20.3 Å². The van der Waals surface area contributed by atoms with E-state index < -0.39 is 5.60 Å². The molecule has 2 aromatic heterocycles. The number of nitrogens with zero attached hydrogens (tertiary/aromatic N) is 4. The monoisotopic (exact) mass is 470 g/mol. The minimum Gasteiger partial charge on any atom is -0.444 e. The van der Waals surface area contributed by atoms with Crippen molar-refractivity contribution in [2.45, 2.75) is 45.3 Å². The first-order chi connectivity index (χ1) is 15.7. The van der Waals surface area contributed by atoms with Gasteiger partial charge in [0.2, 0.25) is 0 Å². The van der Waals surface area contributed by atoms with Gasteiger partial charge in [-0.3, -0.25) is 4.79 Å². The number of hydrogen-bond donors (Lipinski definition) is 2. The average Bonchev–Trinajstić information content (AvgIpc) is 3.16. The summed E-state index contributed by atoms with van der Waals surface area (Å²) in [4.78, 5) is 30.1. The third-order valence-electron chi connectivity index (χ3n) is 5.22. The van der Waals surface area contributed by atoms with Crippen LogP contribution in [0, 0.1) is 0 Å². The summed E-state index contributed by atoms with van der Waals surface area (Å²) >= 11 is 6.10. The molecule has 0 aliphatic carbocycles. The molecule has 4 rings (SSSR count). The Bertz CT molecular complexity index is 1160. The lowest BCUT2D eigenvalue weighted by atomic mass is 10.1. The largest absolute Gasteiger partial charge is 0.444 e. The van der Waals surface area contributed by atoms with Crippen LogP contribution in [0.2, 0.25) is 5.02 Å². The number of nitrogens with one attached hydrogen (secondary N) is 2. The Balaban J connectivity index is 1.52. The van der Waals surface area contributed by atoms with E-state index in [9.17, 15) is 9.59 Å². The van der Waals surface area contributed by atoms with E-state index in [4.69, 9.17) is 16.3 Å². The van der Waals surface area contributed by atoms with Gasteiger partial charge in [-0.2, -0.15) is 9.61 Å². The second kappa shape index (κ2) is 9.27. The van der Waals surface area contributed by atoms with Gasteiger partial charge in [-0.05, 0) is 51.8 Å². The Labute approximate surface area is 197 Å². The molecule has 3 heterocycles. The first-order valence-corrected chi connectivity index (χ1v) is 11.2. The summed E-state index contributed by atoms with van der Waals surface area (Å²) in [6, 6.07) is 9.28. The van der Waals surface area contributed by atoms with E-state index in [0.717, 1.165) is 24.8 Å². The van der Waals surface area contributed by atoms with Crippen LogP contribution in [-0.4, -0.2) is 56.6 Å². The average molecular weight is 471 g/mol. The van der Waals surface area contributed by atoms with Crippen molar-refractivity contribution in [1.82, 2.24) is 19.5 Å². The van der Waals surface area contributed by atoms with Gasteiger partial charge in [0, 0.05) is 35.9 Å². The number of aromatic nitrogens is 3. The van der Waals surface area contributed by atoms with Gasteiger partial charge in [-0.15, -0.1) is 0 Å². The Hall–Kier alpha value is -3.33. The van der Waals surface area contributed by atoms with E-state index in [1.165, 1.54) is 6.20 Å². The molecule has 1 aromatic carbocycles. The van der Waals surface area contributed by atoms with E-state index in [1.807, 2.05) is 39.0 Å². The fraction of sp³-hybridized carbons (Fsp3) is 0.391. The van der Waals surface area contributed by atoms with Crippen LogP contribution in [-0.2, 0) is 4.74 Å². The molecular weight excluding hydrogens is 444 g/mol. The van der Waals surface area contributed by atoms with E-state index in [2.05, 4.69) is 20.7 Å². The maximum Gasteiger partial charge on any atom is 0.410 e. The van der Waals surface area contributed by atoms with Crippen molar-refractivity contribution < 1.29 is 14.3 Å². The molecule has 33 heavy (non-hydrogen) atoms. The number of ether oxygens (including phenoxy) is 1. The van der Waals surface area contributed by atoms with Crippen LogP contribution in [0.1, 0.15) is 44.0 Å². The minimum absolute atomic E-state index is 0.122. The number of rotatable bonds is 5. The number of hydrogen-bond acceptors (Lipinski definition) is 7. The zero-order chi connectivity index (χ0) is 23.6. The van der Waals surface area contributed by atoms with Crippen molar-refractivity contribution in [3.8, 4) is 0 Å². The zero-order valence-electron chi connectivity index (χ0n) is 18.8. The molecule has 1 saturated heterocycles. The standard InChI is InChI=1S/C23H27ClN6O3/c1-23(2,3)33-22(32)29-9-7-17(8-10-29)27-20-12-19(26-18-6-4-5-16(24)11-18)28-21-15(14-31)13-25-30(20)21/h4-6,11-14,17,27H,7-10H2,1-3H3,(H,26,28). The lowest BCUT2D eigenvalue weighted by molar-refractivity contribution is 0.0210. The molecule has 0 saturated carbocycles. The number of anilines is 3. The minimum atomic E-state index is -0.516. The fourth-order valence-electron chi connectivity index (χ4n) is 3.69. The molecule has 3 aromatic rings. The quantitative estimate of drug-likeness (QED) is 0.519. The highest BCUT2D eigenvalue weighted by molar-refractivity contribution is 6.30. The van der Waals surface area contributed by atoms with Crippen LogP contribution in [0.25, 0.3) is 5.65 Å². The van der Waals surface area contributed by atoms with Crippen molar-refractivity contribution >= 4 is 47.0 Å². The van der Waals surface area contributed by atoms with Gasteiger partial charge in [0.15, 0.2) is 11.9 Å². The van der Waals surface area contributed by atoms with Crippen molar-refractivity contribution in [1.29, 1.82) is 0 Å². The van der Waals surface area contributed by atoms with Gasteiger partial charge in [0.25, 0.3) is 0 Å². The first-order valence-electron chi connectivity index (χ1n) is 10.8. The number of carbonyl (C=O) groups excluding carboxylic acids is 2. The van der Waals surface area contributed by atoms with E-state index in [-0.39, 0.29) is 12.1 Å². The van der Waals surface area contributed by atoms with Gasteiger partial charge in [0.1, 0.15) is 17.2 Å². The second-order valence-corrected chi connectivity index (χ2v) is 9.44. The van der Waals surface area contributed by atoms with E-state index in [1.54, 1.807) is 21.5 Å². The Morgan fingerprint density at radius 1 is 1.24 bits per heavy atom. The number of benzene rings is 1.